The fraction of sp³-hybridized carbons (Fsp3) is 1.00. The van der Waals surface area contributed by atoms with Gasteiger partial charge >= 0.3 is 0 Å². The third-order valence-electron chi connectivity index (χ3n) is 1.91. The zero-order chi connectivity index (χ0) is 7.56. The van der Waals surface area contributed by atoms with Crippen LogP contribution in [0.2, 0.25) is 0 Å². The minimum Gasteiger partial charge on any atom is -0.390 e. The molecule has 60 valence electrons. The summed E-state index contributed by atoms with van der Waals surface area (Å²) in [4.78, 5) is 0. The van der Waals surface area contributed by atoms with Crippen molar-refractivity contribution in [1.82, 2.24) is 0 Å². The van der Waals surface area contributed by atoms with Crippen molar-refractivity contribution in [2.75, 3.05) is 6.61 Å². The lowest BCUT2D eigenvalue weighted by Crippen LogP contribution is -2.40. The molecule has 1 heterocycles. The van der Waals surface area contributed by atoms with E-state index in [9.17, 15) is 0 Å². The zero-order valence-corrected chi connectivity index (χ0v) is 6.16. The fourth-order valence-corrected chi connectivity index (χ4v) is 1.12. The van der Waals surface area contributed by atoms with Crippen LogP contribution in [0.15, 0.2) is 0 Å². The molecule has 0 saturated carbocycles. The Hall–Kier alpha value is -0.120. The monoisotopic (exact) mass is 146 g/mol. The van der Waals surface area contributed by atoms with Crippen LogP contribution in [0.25, 0.3) is 0 Å². The van der Waals surface area contributed by atoms with Gasteiger partial charge in [-0.3, -0.25) is 0 Å². The first-order valence-corrected chi connectivity index (χ1v) is 3.71. The van der Waals surface area contributed by atoms with Gasteiger partial charge in [-0.05, 0) is 6.42 Å². The highest BCUT2D eigenvalue weighted by Gasteiger charge is 2.26. The summed E-state index contributed by atoms with van der Waals surface area (Å²) in [7, 11) is 0. The van der Waals surface area contributed by atoms with Crippen LogP contribution in [0.3, 0.4) is 0 Å². The maximum atomic E-state index is 9.15. The van der Waals surface area contributed by atoms with Crippen molar-refractivity contribution in [3.63, 3.8) is 0 Å². The highest BCUT2D eigenvalue weighted by molar-refractivity contribution is 4.76. The van der Waals surface area contributed by atoms with E-state index in [1.165, 1.54) is 0 Å². The number of aliphatic hydroxyl groups excluding tert-OH is 2. The van der Waals surface area contributed by atoms with E-state index in [-0.39, 0.29) is 12.7 Å². The molecule has 1 aliphatic rings. The first-order valence-electron chi connectivity index (χ1n) is 3.71. The van der Waals surface area contributed by atoms with Crippen molar-refractivity contribution in [2.45, 2.75) is 38.1 Å². The summed E-state index contributed by atoms with van der Waals surface area (Å²) in [6.45, 7) is 2.29. The Morgan fingerprint density at radius 3 is 2.60 bits per heavy atom. The Balaban J connectivity index is 2.33. The molecule has 0 spiro atoms. The van der Waals surface area contributed by atoms with E-state index in [1.54, 1.807) is 0 Å². The quantitative estimate of drug-likeness (QED) is 0.543. The summed E-state index contributed by atoms with van der Waals surface area (Å²) in [6, 6.07) is 0. The minimum atomic E-state index is -0.678. The van der Waals surface area contributed by atoms with E-state index >= 15 is 0 Å². The number of hydrogen-bond donors (Lipinski definition) is 2. The number of hydrogen-bond acceptors (Lipinski definition) is 3. The summed E-state index contributed by atoms with van der Waals surface area (Å²) in [5, 5.41) is 18.2. The molecule has 1 fully saturated rings. The molecule has 0 aromatic rings. The minimum absolute atomic E-state index is 0.137. The molecule has 10 heavy (non-hydrogen) atoms. The molecular weight excluding hydrogens is 132 g/mol. The second-order valence-corrected chi connectivity index (χ2v) is 2.73. The van der Waals surface area contributed by atoms with Crippen molar-refractivity contribution in [3.8, 4) is 0 Å². The van der Waals surface area contributed by atoms with Gasteiger partial charge in [0.1, 0.15) is 6.10 Å². The zero-order valence-electron chi connectivity index (χ0n) is 6.16. The predicted molar refractivity (Wildman–Crippen MR) is 36.7 cm³/mol. The van der Waals surface area contributed by atoms with E-state index in [0.717, 1.165) is 6.42 Å². The second-order valence-electron chi connectivity index (χ2n) is 2.73. The van der Waals surface area contributed by atoms with Gasteiger partial charge in [-0.15, -0.1) is 0 Å². The van der Waals surface area contributed by atoms with Crippen molar-refractivity contribution in [1.29, 1.82) is 0 Å². The summed E-state index contributed by atoms with van der Waals surface area (Å²) >= 11 is 0. The Bertz CT molecular complexity index is 105. The van der Waals surface area contributed by atoms with Crippen LogP contribution in [0.5, 0.6) is 0 Å². The molecule has 2 N–H and O–H groups in total. The van der Waals surface area contributed by atoms with Crippen LogP contribution < -0.4 is 0 Å². The normalized spacial score (nSPS) is 41.7. The molecule has 0 aliphatic carbocycles. The van der Waals surface area contributed by atoms with Crippen molar-refractivity contribution < 1.29 is 14.9 Å². The van der Waals surface area contributed by atoms with Crippen LogP contribution in [0.1, 0.15) is 19.8 Å². The predicted octanol–water partition coefficient (Wildman–Crippen LogP) is -0.0929. The van der Waals surface area contributed by atoms with Gasteiger partial charge in [-0.25, -0.2) is 0 Å². The van der Waals surface area contributed by atoms with Gasteiger partial charge in [-0.1, -0.05) is 6.92 Å². The SMILES string of the molecule is CC[C@H]1C[C@H](O)[C@H](O)CO1. The summed E-state index contributed by atoms with van der Waals surface area (Å²) in [5.41, 5.74) is 0. The first-order chi connectivity index (χ1) is 4.74. The van der Waals surface area contributed by atoms with Crippen LogP contribution >= 0.6 is 0 Å². The van der Waals surface area contributed by atoms with Gasteiger partial charge in [0.05, 0.1) is 18.8 Å². The standard InChI is InChI=1S/C7H14O3/c1-2-5-3-6(8)7(9)4-10-5/h5-9H,2-4H2,1H3/t5-,6-,7+/m0/s1. The average molecular weight is 146 g/mol. The number of rotatable bonds is 1. The molecule has 0 aromatic heterocycles. The molecule has 3 heteroatoms. The molecule has 0 aromatic carbocycles. The fourth-order valence-electron chi connectivity index (χ4n) is 1.12. The van der Waals surface area contributed by atoms with Crippen LogP contribution in [0.4, 0.5) is 0 Å². The molecule has 0 bridgehead atoms. The lowest BCUT2D eigenvalue weighted by atomic mass is 10.0. The van der Waals surface area contributed by atoms with Gasteiger partial charge in [-0.2, -0.15) is 0 Å². The third-order valence-corrected chi connectivity index (χ3v) is 1.91. The van der Waals surface area contributed by atoms with Crippen molar-refractivity contribution in [2.24, 2.45) is 0 Å². The van der Waals surface area contributed by atoms with E-state index in [2.05, 4.69) is 0 Å². The summed E-state index contributed by atoms with van der Waals surface area (Å²) in [5.74, 6) is 0. The van der Waals surface area contributed by atoms with Crippen molar-refractivity contribution >= 4 is 0 Å². The lowest BCUT2D eigenvalue weighted by molar-refractivity contribution is -0.121. The van der Waals surface area contributed by atoms with E-state index < -0.39 is 12.2 Å². The molecule has 1 rings (SSSR count). The Morgan fingerprint density at radius 2 is 2.10 bits per heavy atom. The molecule has 3 nitrogen and oxygen atoms in total. The summed E-state index contributed by atoms with van der Waals surface area (Å²) < 4.78 is 5.20. The van der Waals surface area contributed by atoms with Gasteiger partial charge < -0.3 is 14.9 Å². The topological polar surface area (TPSA) is 49.7 Å². The van der Waals surface area contributed by atoms with Gasteiger partial charge in [0.2, 0.25) is 0 Å². The van der Waals surface area contributed by atoms with Gasteiger partial charge in [0.15, 0.2) is 0 Å². The Kier molecular flexibility index (Phi) is 2.65. The molecular formula is C7H14O3. The molecule has 0 unspecified atom stereocenters. The van der Waals surface area contributed by atoms with Crippen LogP contribution in [0, 0.1) is 0 Å². The Labute approximate surface area is 60.6 Å². The molecule has 0 radical (unpaired) electrons. The second kappa shape index (κ2) is 3.32. The molecule has 3 atom stereocenters. The molecule has 1 aliphatic heterocycles. The largest absolute Gasteiger partial charge is 0.390 e. The number of ether oxygens (including phenoxy) is 1. The number of aliphatic hydroxyl groups is 2. The lowest BCUT2D eigenvalue weighted by Gasteiger charge is -2.29. The smallest absolute Gasteiger partial charge is 0.103 e. The molecule has 1 saturated heterocycles. The van der Waals surface area contributed by atoms with Gasteiger partial charge in [0, 0.05) is 6.42 Å². The van der Waals surface area contributed by atoms with E-state index in [4.69, 9.17) is 14.9 Å². The maximum Gasteiger partial charge on any atom is 0.103 e. The van der Waals surface area contributed by atoms with E-state index in [1.807, 2.05) is 6.92 Å². The third kappa shape index (κ3) is 1.68. The first kappa shape index (κ1) is 7.98. The highest BCUT2D eigenvalue weighted by Crippen LogP contribution is 2.16. The molecule has 0 amide bonds. The average Bonchev–Trinajstić information content (AvgIpc) is 1.95. The van der Waals surface area contributed by atoms with Crippen molar-refractivity contribution in [3.05, 3.63) is 0 Å². The van der Waals surface area contributed by atoms with Gasteiger partial charge in [0.25, 0.3) is 0 Å². The van der Waals surface area contributed by atoms with Crippen LogP contribution in [-0.2, 0) is 4.74 Å². The Morgan fingerprint density at radius 1 is 1.40 bits per heavy atom. The highest BCUT2D eigenvalue weighted by atomic mass is 16.5. The van der Waals surface area contributed by atoms with Crippen LogP contribution in [-0.4, -0.2) is 35.1 Å². The van der Waals surface area contributed by atoms with E-state index in [0.29, 0.717) is 6.42 Å². The summed E-state index contributed by atoms with van der Waals surface area (Å²) in [6.07, 6.45) is 0.349. The maximum absolute atomic E-state index is 9.15.